The van der Waals surface area contributed by atoms with E-state index in [4.69, 9.17) is 9.47 Å². The number of nitrogens with one attached hydrogen (secondary N) is 1. The Labute approximate surface area is 173 Å². The van der Waals surface area contributed by atoms with Crippen LogP contribution in [0.2, 0.25) is 0 Å². The van der Waals surface area contributed by atoms with Crippen molar-refractivity contribution >= 4 is 5.91 Å². The van der Waals surface area contributed by atoms with Gasteiger partial charge in [0.25, 0.3) is 0 Å². The van der Waals surface area contributed by atoms with Crippen LogP contribution in [0.5, 0.6) is 11.5 Å². The molecule has 2 aliphatic rings. The van der Waals surface area contributed by atoms with Crippen LogP contribution in [-0.4, -0.2) is 43.2 Å². The van der Waals surface area contributed by atoms with Gasteiger partial charge >= 0.3 is 0 Å². The van der Waals surface area contributed by atoms with Gasteiger partial charge in [-0.15, -0.1) is 0 Å². The maximum Gasteiger partial charge on any atom is 0.230 e. The second-order valence-corrected chi connectivity index (χ2v) is 7.83. The van der Waals surface area contributed by atoms with Gasteiger partial charge in [0.15, 0.2) is 11.5 Å². The minimum Gasteiger partial charge on any atom is -0.486 e. The predicted molar refractivity (Wildman–Crippen MR) is 113 cm³/mol. The van der Waals surface area contributed by atoms with Crippen LogP contribution < -0.4 is 14.8 Å². The number of hydrogen-bond acceptors (Lipinski definition) is 4. The summed E-state index contributed by atoms with van der Waals surface area (Å²) < 4.78 is 11.3. The first-order chi connectivity index (χ1) is 14.2. The summed E-state index contributed by atoms with van der Waals surface area (Å²) in [6.07, 6.45) is 2.81. The highest BCUT2D eigenvalue weighted by molar-refractivity contribution is 5.83. The molecule has 1 atom stereocenters. The zero-order valence-electron chi connectivity index (χ0n) is 17.1. The third kappa shape index (κ3) is 4.73. The minimum absolute atomic E-state index is 0.0292. The van der Waals surface area contributed by atoms with Crippen molar-refractivity contribution in [2.45, 2.75) is 44.7 Å². The minimum atomic E-state index is -0.0292. The molecule has 2 aromatic rings. The van der Waals surface area contributed by atoms with Crippen LogP contribution in [0.25, 0.3) is 0 Å². The van der Waals surface area contributed by atoms with Gasteiger partial charge in [0.1, 0.15) is 13.2 Å². The number of carbonyl (C=O) groups is 1. The number of benzene rings is 2. The molecule has 1 unspecified atom stereocenters. The van der Waals surface area contributed by atoms with E-state index >= 15 is 0 Å². The molecule has 0 radical (unpaired) electrons. The molecular weight excluding hydrogens is 364 g/mol. The topological polar surface area (TPSA) is 50.8 Å². The summed E-state index contributed by atoms with van der Waals surface area (Å²) in [6, 6.07) is 16.7. The average molecular weight is 395 g/mol. The lowest BCUT2D eigenvalue weighted by atomic mass is 9.93. The molecule has 0 saturated carbocycles. The number of hydrogen-bond donors (Lipinski definition) is 1. The quantitative estimate of drug-likeness (QED) is 0.811. The number of nitrogens with zero attached hydrogens (tertiary/aromatic N) is 1. The fourth-order valence-electron chi connectivity index (χ4n) is 4.22. The van der Waals surface area contributed by atoms with Crippen molar-refractivity contribution in [2.24, 2.45) is 0 Å². The van der Waals surface area contributed by atoms with Crippen LogP contribution in [-0.2, 0) is 11.3 Å². The van der Waals surface area contributed by atoms with Crippen LogP contribution >= 0.6 is 0 Å². The molecule has 0 aliphatic carbocycles. The predicted octanol–water partition coefficient (Wildman–Crippen LogP) is 3.73. The summed E-state index contributed by atoms with van der Waals surface area (Å²) in [5.74, 6) is 1.90. The third-order valence-electron chi connectivity index (χ3n) is 5.92. The van der Waals surface area contributed by atoms with E-state index in [1.54, 1.807) is 0 Å². The van der Waals surface area contributed by atoms with Crippen molar-refractivity contribution in [3.63, 3.8) is 0 Å². The van der Waals surface area contributed by atoms with Crippen molar-refractivity contribution in [2.75, 3.05) is 26.3 Å². The lowest BCUT2D eigenvalue weighted by molar-refractivity contribution is -0.134. The molecule has 5 heteroatoms. The molecule has 2 aromatic carbocycles. The summed E-state index contributed by atoms with van der Waals surface area (Å²) in [7, 11) is 0. The summed E-state index contributed by atoms with van der Waals surface area (Å²) in [6.45, 7) is 5.76. The lowest BCUT2D eigenvalue weighted by Gasteiger charge is -2.34. The first-order valence-corrected chi connectivity index (χ1v) is 10.7. The van der Waals surface area contributed by atoms with Gasteiger partial charge in [-0.1, -0.05) is 43.3 Å². The molecule has 1 saturated heterocycles. The molecule has 4 rings (SSSR count). The lowest BCUT2D eigenvalue weighted by Crippen LogP contribution is -2.46. The molecule has 0 spiro atoms. The Hall–Kier alpha value is -2.53. The number of fused-ring (bicyclic) bond motifs is 1. The van der Waals surface area contributed by atoms with Crippen molar-refractivity contribution in [1.29, 1.82) is 0 Å². The Kier molecular flexibility index (Phi) is 6.35. The Morgan fingerprint density at radius 2 is 1.79 bits per heavy atom. The first kappa shape index (κ1) is 19.8. The number of piperidine rings is 1. The number of amides is 1. The van der Waals surface area contributed by atoms with E-state index in [-0.39, 0.29) is 11.8 Å². The first-order valence-electron chi connectivity index (χ1n) is 10.7. The molecule has 1 N–H and O–H groups in total. The van der Waals surface area contributed by atoms with Crippen molar-refractivity contribution < 1.29 is 14.3 Å². The number of carbonyl (C=O) groups excluding carboxylic acids is 1. The monoisotopic (exact) mass is 394 g/mol. The summed E-state index contributed by atoms with van der Waals surface area (Å²) in [4.78, 5) is 15.1. The molecule has 29 heavy (non-hydrogen) atoms. The van der Waals surface area contributed by atoms with Crippen LogP contribution in [0.1, 0.15) is 43.2 Å². The molecule has 0 aromatic heterocycles. The van der Waals surface area contributed by atoms with Gasteiger partial charge in [0, 0.05) is 25.7 Å². The smallest absolute Gasteiger partial charge is 0.230 e. The molecular formula is C24H30N2O3. The highest BCUT2D eigenvalue weighted by Gasteiger charge is 2.28. The van der Waals surface area contributed by atoms with E-state index in [1.807, 2.05) is 29.2 Å². The molecule has 2 aliphatic heterocycles. The highest BCUT2D eigenvalue weighted by Crippen LogP contribution is 2.31. The van der Waals surface area contributed by atoms with E-state index < -0.39 is 0 Å². The summed E-state index contributed by atoms with van der Waals surface area (Å²) in [5, 5.41) is 3.64. The second-order valence-electron chi connectivity index (χ2n) is 7.83. The fourth-order valence-corrected chi connectivity index (χ4v) is 4.22. The zero-order valence-corrected chi connectivity index (χ0v) is 17.1. The molecule has 0 bridgehead atoms. The van der Waals surface area contributed by atoms with Gasteiger partial charge in [-0.2, -0.15) is 0 Å². The van der Waals surface area contributed by atoms with Crippen LogP contribution in [0.15, 0.2) is 48.5 Å². The Morgan fingerprint density at radius 3 is 2.52 bits per heavy atom. The normalized spacial score (nSPS) is 17.8. The van der Waals surface area contributed by atoms with Crippen molar-refractivity contribution in [1.82, 2.24) is 10.2 Å². The number of ether oxygens (including phenoxy) is 2. The van der Waals surface area contributed by atoms with E-state index in [9.17, 15) is 4.79 Å². The van der Waals surface area contributed by atoms with Gasteiger partial charge in [-0.3, -0.25) is 4.79 Å². The van der Waals surface area contributed by atoms with Crippen LogP contribution in [0.4, 0.5) is 0 Å². The zero-order chi connectivity index (χ0) is 20.1. The van der Waals surface area contributed by atoms with Gasteiger partial charge in [0.2, 0.25) is 5.91 Å². The van der Waals surface area contributed by atoms with E-state index in [0.29, 0.717) is 19.3 Å². The second kappa shape index (κ2) is 9.31. The molecule has 2 heterocycles. The molecule has 5 nitrogen and oxygen atoms in total. The summed E-state index contributed by atoms with van der Waals surface area (Å²) >= 11 is 0. The molecule has 154 valence electrons. The van der Waals surface area contributed by atoms with Gasteiger partial charge in [-0.25, -0.2) is 0 Å². The standard InChI is InChI=1S/C24H30N2O3/c1-2-21(19-6-4-3-5-7-19)24(27)26-12-10-20(11-13-26)25-17-18-8-9-22-23(16-18)29-15-14-28-22/h3-9,16,20-21,25H,2,10-15,17H2,1H3. The third-order valence-corrected chi connectivity index (χ3v) is 5.92. The maximum absolute atomic E-state index is 13.0. The number of rotatable bonds is 6. The average Bonchev–Trinajstić information content (AvgIpc) is 2.79. The van der Waals surface area contributed by atoms with E-state index in [2.05, 4.69) is 36.5 Å². The molecule has 1 amide bonds. The van der Waals surface area contributed by atoms with Crippen molar-refractivity contribution in [3.8, 4) is 11.5 Å². The van der Waals surface area contributed by atoms with Crippen molar-refractivity contribution in [3.05, 3.63) is 59.7 Å². The van der Waals surface area contributed by atoms with E-state index in [0.717, 1.165) is 56.0 Å². The molecule has 1 fully saturated rings. The maximum atomic E-state index is 13.0. The fraction of sp³-hybridized carbons (Fsp3) is 0.458. The van der Waals surface area contributed by atoms with E-state index in [1.165, 1.54) is 5.56 Å². The Balaban J connectivity index is 1.27. The Morgan fingerprint density at radius 1 is 1.07 bits per heavy atom. The SMILES string of the molecule is CCC(C(=O)N1CCC(NCc2ccc3c(c2)OCCO3)CC1)c1ccccc1. The number of likely N-dealkylation sites (tertiary alicyclic amines) is 1. The van der Waals surface area contributed by atoms with Gasteiger partial charge in [-0.05, 0) is 42.5 Å². The largest absolute Gasteiger partial charge is 0.486 e. The highest BCUT2D eigenvalue weighted by atomic mass is 16.6. The Bertz CT molecular complexity index is 816. The van der Waals surface area contributed by atoms with Gasteiger partial charge < -0.3 is 19.7 Å². The van der Waals surface area contributed by atoms with Crippen LogP contribution in [0, 0.1) is 0 Å². The van der Waals surface area contributed by atoms with Crippen LogP contribution in [0.3, 0.4) is 0 Å². The summed E-state index contributed by atoms with van der Waals surface area (Å²) in [5.41, 5.74) is 2.32. The van der Waals surface area contributed by atoms with Gasteiger partial charge in [0.05, 0.1) is 5.92 Å².